The topological polar surface area (TPSA) is 46.3 Å². The molecule has 2 aromatic rings. The lowest BCUT2D eigenvalue weighted by Gasteiger charge is -2.30. The molecular weight excluding hydrogens is 248 g/mol. The van der Waals surface area contributed by atoms with Crippen molar-refractivity contribution in [3.05, 3.63) is 59.7 Å². The molecule has 102 valence electrons. The summed E-state index contributed by atoms with van der Waals surface area (Å²) in [5.74, 6) is 0.150. The Morgan fingerprint density at radius 3 is 2.55 bits per heavy atom. The molecule has 0 aliphatic carbocycles. The quantitative estimate of drug-likeness (QED) is 0.906. The minimum absolute atomic E-state index is 0.0168. The molecule has 1 heterocycles. The number of carbonyl (C=O) groups is 1. The predicted molar refractivity (Wildman–Crippen MR) is 81.0 cm³/mol. The first-order valence-electron chi connectivity index (χ1n) is 6.93. The van der Waals surface area contributed by atoms with Crippen molar-refractivity contribution in [1.29, 1.82) is 0 Å². The van der Waals surface area contributed by atoms with Crippen LogP contribution in [0.25, 0.3) is 0 Å². The number of fused-ring (bicyclic) bond motifs is 1. The maximum atomic E-state index is 12.3. The van der Waals surface area contributed by atoms with Crippen LogP contribution in [0.4, 0.5) is 11.4 Å². The smallest absolute Gasteiger partial charge is 0.231 e. The maximum absolute atomic E-state index is 12.3. The van der Waals surface area contributed by atoms with Gasteiger partial charge in [-0.15, -0.1) is 0 Å². The van der Waals surface area contributed by atoms with Crippen molar-refractivity contribution in [2.75, 3.05) is 4.90 Å². The number of hydrogen-bond acceptors (Lipinski definition) is 2. The molecule has 0 fully saturated rings. The third-order valence-corrected chi connectivity index (χ3v) is 3.74. The first-order chi connectivity index (χ1) is 9.66. The zero-order chi connectivity index (χ0) is 14.1. The monoisotopic (exact) mass is 266 g/mol. The van der Waals surface area contributed by atoms with Crippen molar-refractivity contribution < 1.29 is 4.79 Å². The molecule has 0 saturated carbocycles. The molecule has 3 rings (SSSR count). The third-order valence-electron chi connectivity index (χ3n) is 3.74. The Morgan fingerprint density at radius 2 is 1.85 bits per heavy atom. The number of hydrogen-bond donors (Lipinski definition) is 1. The van der Waals surface area contributed by atoms with Gasteiger partial charge < -0.3 is 5.73 Å². The van der Waals surface area contributed by atoms with Crippen LogP contribution >= 0.6 is 0 Å². The maximum Gasteiger partial charge on any atom is 0.231 e. The largest absolute Gasteiger partial charge is 0.324 e. The molecule has 2 aromatic carbocycles. The first kappa shape index (κ1) is 12.9. The van der Waals surface area contributed by atoms with E-state index in [9.17, 15) is 4.79 Å². The Hall–Kier alpha value is -2.13. The second kappa shape index (κ2) is 5.10. The van der Waals surface area contributed by atoms with E-state index in [-0.39, 0.29) is 11.9 Å². The van der Waals surface area contributed by atoms with E-state index >= 15 is 0 Å². The molecule has 0 bridgehead atoms. The summed E-state index contributed by atoms with van der Waals surface area (Å²) in [5.41, 5.74) is 10.2. The summed E-state index contributed by atoms with van der Waals surface area (Å²) in [6.45, 7) is 1.98. The van der Waals surface area contributed by atoms with Gasteiger partial charge in [0, 0.05) is 18.2 Å². The number of benzene rings is 2. The standard InChI is InChI=1S/C17H18N2O/c1-12(18)13-7-9-16-14(11-13)8-10-17(20)19(16)15-5-3-2-4-6-15/h2-7,9,11-12H,8,10,18H2,1H3. The molecule has 0 aromatic heterocycles. The van der Waals surface area contributed by atoms with E-state index < -0.39 is 0 Å². The van der Waals surface area contributed by atoms with Gasteiger partial charge in [-0.2, -0.15) is 0 Å². The van der Waals surface area contributed by atoms with Crippen molar-refractivity contribution in [3.8, 4) is 0 Å². The lowest BCUT2D eigenvalue weighted by molar-refractivity contribution is -0.118. The van der Waals surface area contributed by atoms with Crippen LogP contribution in [0, 0.1) is 0 Å². The van der Waals surface area contributed by atoms with E-state index in [1.165, 1.54) is 5.56 Å². The van der Waals surface area contributed by atoms with Crippen molar-refractivity contribution in [2.45, 2.75) is 25.8 Å². The molecule has 0 saturated heterocycles. The van der Waals surface area contributed by atoms with Crippen LogP contribution in [0.5, 0.6) is 0 Å². The molecule has 0 spiro atoms. The van der Waals surface area contributed by atoms with Crippen LogP contribution in [0.15, 0.2) is 48.5 Å². The number of carbonyl (C=O) groups excluding carboxylic acids is 1. The van der Waals surface area contributed by atoms with Gasteiger partial charge in [-0.25, -0.2) is 0 Å². The van der Waals surface area contributed by atoms with E-state index in [1.54, 1.807) is 0 Å². The van der Waals surface area contributed by atoms with Crippen LogP contribution in [0.3, 0.4) is 0 Å². The Labute approximate surface area is 119 Å². The highest BCUT2D eigenvalue weighted by atomic mass is 16.2. The summed E-state index contributed by atoms with van der Waals surface area (Å²) in [6.07, 6.45) is 1.34. The van der Waals surface area contributed by atoms with Gasteiger partial charge in [0.25, 0.3) is 0 Å². The van der Waals surface area contributed by atoms with Gasteiger partial charge >= 0.3 is 0 Å². The van der Waals surface area contributed by atoms with Gasteiger partial charge in [0.2, 0.25) is 5.91 Å². The Bertz CT molecular complexity index is 635. The van der Waals surface area contributed by atoms with Gasteiger partial charge in [-0.05, 0) is 42.7 Å². The average Bonchev–Trinajstić information content (AvgIpc) is 2.47. The fraction of sp³-hybridized carbons (Fsp3) is 0.235. The van der Waals surface area contributed by atoms with Crippen molar-refractivity contribution >= 4 is 17.3 Å². The highest BCUT2D eigenvalue weighted by molar-refractivity contribution is 6.03. The van der Waals surface area contributed by atoms with Crippen molar-refractivity contribution in [3.63, 3.8) is 0 Å². The molecule has 1 amide bonds. The van der Waals surface area contributed by atoms with Gasteiger partial charge in [0.15, 0.2) is 0 Å². The summed E-state index contributed by atoms with van der Waals surface area (Å²) >= 11 is 0. The highest BCUT2D eigenvalue weighted by Gasteiger charge is 2.25. The molecular formula is C17H18N2O. The SMILES string of the molecule is CC(N)c1ccc2c(c1)CCC(=O)N2c1ccccc1. The Morgan fingerprint density at radius 1 is 1.10 bits per heavy atom. The van der Waals surface area contributed by atoms with E-state index in [2.05, 4.69) is 6.07 Å². The fourth-order valence-electron chi connectivity index (χ4n) is 2.65. The number of nitrogens with two attached hydrogens (primary N) is 1. The summed E-state index contributed by atoms with van der Waals surface area (Å²) < 4.78 is 0. The fourth-order valence-corrected chi connectivity index (χ4v) is 2.65. The van der Waals surface area contributed by atoms with Crippen LogP contribution < -0.4 is 10.6 Å². The molecule has 2 N–H and O–H groups in total. The normalized spacial score (nSPS) is 15.9. The minimum Gasteiger partial charge on any atom is -0.324 e. The Kier molecular flexibility index (Phi) is 3.28. The third kappa shape index (κ3) is 2.21. The van der Waals surface area contributed by atoms with Crippen LogP contribution in [-0.4, -0.2) is 5.91 Å². The van der Waals surface area contributed by atoms with Crippen LogP contribution in [-0.2, 0) is 11.2 Å². The number of rotatable bonds is 2. The van der Waals surface area contributed by atoms with E-state index in [4.69, 9.17) is 5.73 Å². The second-order valence-corrected chi connectivity index (χ2v) is 5.24. The summed E-state index contributed by atoms with van der Waals surface area (Å²) in [7, 11) is 0. The number of para-hydroxylation sites is 1. The van der Waals surface area contributed by atoms with E-state index in [0.29, 0.717) is 6.42 Å². The molecule has 1 aliphatic rings. The second-order valence-electron chi connectivity index (χ2n) is 5.24. The molecule has 3 heteroatoms. The molecule has 1 aliphatic heterocycles. The molecule has 1 atom stereocenters. The lowest BCUT2D eigenvalue weighted by Crippen LogP contribution is -2.30. The number of nitrogens with zero attached hydrogens (tertiary/aromatic N) is 1. The first-order valence-corrected chi connectivity index (χ1v) is 6.93. The van der Waals surface area contributed by atoms with Gasteiger partial charge in [-0.3, -0.25) is 9.69 Å². The minimum atomic E-state index is 0.0168. The molecule has 3 nitrogen and oxygen atoms in total. The van der Waals surface area contributed by atoms with Gasteiger partial charge in [-0.1, -0.05) is 30.3 Å². The zero-order valence-corrected chi connectivity index (χ0v) is 11.5. The number of aryl methyl sites for hydroxylation is 1. The molecule has 0 radical (unpaired) electrons. The van der Waals surface area contributed by atoms with Crippen molar-refractivity contribution in [1.82, 2.24) is 0 Å². The van der Waals surface area contributed by atoms with Crippen LogP contribution in [0.2, 0.25) is 0 Å². The molecule has 1 unspecified atom stereocenters. The van der Waals surface area contributed by atoms with Crippen LogP contribution in [0.1, 0.15) is 30.5 Å². The number of anilines is 2. The lowest BCUT2D eigenvalue weighted by atomic mass is 9.96. The number of amides is 1. The van der Waals surface area contributed by atoms with Crippen molar-refractivity contribution in [2.24, 2.45) is 5.73 Å². The van der Waals surface area contributed by atoms with E-state index in [0.717, 1.165) is 23.4 Å². The highest BCUT2D eigenvalue weighted by Crippen LogP contribution is 2.35. The Balaban J connectivity index is 2.08. The van der Waals surface area contributed by atoms with E-state index in [1.807, 2.05) is 54.3 Å². The van der Waals surface area contributed by atoms with Gasteiger partial charge in [0.1, 0.15) is 0 Å². The zero-order valence-electron chi connectivity index (χ0n) is 11.5. The molecule has 20 heavy (non-hydrogen) atoms. The predicted octanol–water partition coefficient (Wildman–Crippen LogP) is 3.32. The average molecular weight is 266 g/mol. The summed E-state index contributed by atoms with van der Waals surface area (Å²) in [4.78, 5) is 14.1. The summed E-state index contributed by atoms with van der Waals surface area (Å²) in [6, 6.07) is 16.0. The summed E-state index contributed by atoms with van der Waals surface area (Å²) in [5, 5.41) is 0. The van der Waals surface area contributed by atoms with Gasteiger partial charge in [0.05, 0.1) is 5.69 Å².